The zero-order chi connectivity index (χ0) is 15.1. The van der Waals surface area contributed by atoms with Gasteiger partial charge in [0.2, 0.25) is 0 Å². The predicted molar refractivity (Wildman–Crippen MR) is 76.2 cm³/mol. The standard InChI is InChI=1S/C15H22N2O3/c1-5-12(3)17(10-11(2)15(19)20-4)14(18)13-7-6-8-16-9-13/h6-9,11-12H,5,10H2,1-4H3. The molecule has 5 heteroatoms. The van der Waals surface area contributed by atoms with Crippen molar-refractivity contribution in [3.05, 3.63) is 30.1 Å². The number of pyridine rings is 1. The molecule has 1 amide bonds. The monoisotopic (exact) mass is 278 g/mol. The Morgan fingerprint density at radius 2 is 2.10 bits per heavy atom. The van der Waals surface area contributed by atoms with Gasteiger partial charge in [0.05, 0.1) is 18.6 Å². The summed E-state index contributed by atoms with van der Waals surface area (Å²) in [6, 6.07) is 3.51. The molecule has 0 aliphatic heterocycles. The Kier molecular flexibility index (Phi) is 6.15. The van der Waals surface area contributed by atoms with Crippen molar-refractivity contribution in [1.29, 1.82) is 0 Å². The van der Waals surface area contributed by atoms with Gasteiger partial charge in [0, 0.05) is 25.0 Å². The van der Waals surface area contributed by atoms with Crippen LogP contribution in [0.2, 0.25) is 0 Å². The van der Waals surface area contributed by atoms with E-state index in [9.17, 15) is 9.59 Å². The molecule has 0 aromatic carbocycles. The highest BCUT2D eigenvalue weighted by Gasteiger charge is 2.25. The smallest absolute Gasteiger partial charge is 0.310 e. The van der Waals surface area contributed by atoms with E-state index in [0.717, 1.165) is 6.42 Å². The lowest BCUT2D eigenvalue weighted by molar-refractivity contribution is -0.145. The largest absolute Gasteiger partial charge is 0.469 e. The lowest BCUT2D eigenvalue weighted by Crippen LogP contribution is -2.42. The fourth-order valence-electron chi connectivity index (χ4n) is 1.91. The van der Waals surface area contributed by atoms with Gasteiger partial charge < -0.3 is 9.64 Å². The predicted octanol–water partition coefficient (Wildman–Crippen LogP) is 2.13. The molecule has 20 heavy (non-hydrogen) atoms. The van der Waals surface area contributed by atoms with E-state index >= 15 is 0 Å². The molecule has 5 nitrogen and oxygen atoms in total. The molecule has 2 unspecified atom stereocenters. The molecule has 0 N–H and O–H groups in total. The minimum Gasteiger partial charge on any atom is -0.469 e. The van der Waals surface area contributed by atoms with E-state index < -0.39 is 0 Å². The molecule has 1 rings (SSSR count). The molecule has 0 radical (unpaired) electrons. The number of methoxy groups -OCH3 is 1. The fraction of sp³-hybridized carbons (Fsp3) is 0.533. The Morgan fingerprint density at radius 3 is 2.60 bits per heavy atom. The van der Waals surface area contributed by atoms with E-state index in [1.54, 1.807) is 36.4 Å². The van der Waals surface area contributed by atoms with Crippen LogP contribution in [0.5, 0.6) is 0 Å². The minimum absolute atomic E-state index is 0.0508. The third-order valence-electron chi connectivity index (χ3n) is 3.37. The third-order valence-corrected chi connectivity index (χ3v) is 3.37. The molecule has 0 bridgehead atoms. The summed E-state index contributed by atoms with van der Waals surface area (Å²) in [5.74, 6) is -0.768. The fourth-order valence-corrected chi connectivity index (χ4v) is 1.91. The second kappa shape index (κ2) is 7.62. The summed E-state index contributed by atoms with van der Waals surface area (Å²) in [5.41, 5.74) is 0.532. The average molecular weight is 278 g/mol. The highest BCUT2D eigenvalue weighted by molar-refractivity contribution is 5.94. The summed E-state index contributed by atoms with van der Waals surface area (Å²) >= 11 is 0. The van der Waals surface area contributed by atoms with Crippen LogP contribution in [-0.4, -0.2) is 41.5 Å². The van der Waals surface area contributed by atoms with Crippen molar-refractivity contribution in [3.8, 4) is 0 Å². The molecule has 0 aliphatic rings. The minimum atomic E-state index is -0.352. The van der Waals surface area contributed by atoms with Gasteiger partial charge in [0.25, 0.3) is 5.91 Å². The number of aromatic nitrogens is 1. The molecule has 1 heterocycles. The number of esters is 1. The lowest BCUT2D eigenvalue weighted by Gasteiger charge is -2.30. The van der Waals surface area contributed by atoms with E-state index in [1.165, 1.54) is 7.11 Å². The van der Waals surface area contributed by atoms with Crippen LogP contribution in [-0.2, 0) is 9.53 Å². The van der Waals surface area contributed by atoms with Gasteiger partial charge in [-0.3, -0.25) is 14.6 Å². The van der Waals surface area contributed by atoms with Gasteiger partial charge in [-0.15, -0.1) is 0 Å². The van der Waals surface area contributed by atoms with Crippen LogP contribution in [0.1, 0.15) is 37.6 Å². The van der Waals surface area contributed by atoms with Crippen molar-refractivity contribution in [2.24, 2.45) is 5.92 Å². The summed E-state index contributed by atoms with van der Waals surface area (Å²) < 4.78 is 4.72. The molecule has 0 saturated heterocycles. The zero-order valence-electron chi connectivity index (χ0n) is 12.5. The third kappa shape index (κ3) is 4.05. The van der Waals surface area contributed by atoms with Crippen molar-refractivity contribution in [3.63, 3.8) is 0 Å². The maximum absolute atomic E-state index is 12.5. The van der Waals surface area contributed by atoms with Gasteiger partial charge in [0.1, 0.15) is 0 Å². The number of carbonyl (C=O) groups is 2. The van der Waals surface area contributed by atoms with Crippen LogP contribution in [0.15, 0.2) is 24.5 Å². The van der Waals surface area contributed by atoms with Crippen molar-refractivity contribution in [2.75, 3.05) is 13.7 Å². The van der Waals surface area contributed by atoms with Gasteiger partial charge in [-0.05, 0) is 25.5 Å². The van der Waals surface area contributed by atoms with Crippen LogP contribution in [0.4, 0.5) is 0 Å². The Hall–Kier alpha value is -1.91. The molecule has 1 aromatic heterocycles. The van der Waals surface area contributed by atoms with Crippen molar-refractivity contribution < 1.29 is 14.3 Å². The number of hydrogen-bond acceptors (Lipinski definition) is 4. The van der Waals surface area contributed by atoms with Crippen LogP contribution >= 0.6 is 0 Å². The quantitative estimate of drug-likeness (QED) is 0.748. The summed E-state index contributed by atoms with van der Waals surface area (Å²) in [7, 11) is 1.36. The highest BCUT2D eigenvalue weighted by Crippen LogP contribution is 2.13. The Bertz CT molecular complexity index is 448. The van der Waals surface area contributed by atoms with E-state index in [2.05, 4.69) is 4.98 Å². The van der Waals surface area contributed by atoms with Crippen molar-refractivity contribution >= 4 is 11.9 Å². The number of ether oxygens (including phenoxy) is 1. The molecular weight excluding hydrogens is 256 g/mol. The topological polar surface area (TPSA) is 59.5 Å². The summed E-state index contributed by atoms with van der Waals surface area (Å²) in [6.45, 7) is 6.09. The Labute approximate surface area is 119 Å². The van der Waals surface area contributed by atoms with Gasteiger partial charge in [0.15, 0.2) is 0 Å². The normalized spacial score (nSPS) is 13.4. The number of nitrogens with zero attached hydrogens (tertiary/aromatic N) is 2. The summed E-state index contributed by atoms with van der Waals surface area (Å²) in [5, 5.41) is 0. The summed E-state index contributed by atoms with van der Waals surface area (Å²) in [6.07, 6.45) is 3.99. The number of carbonyl (C=O) groups excluding carboxylic acids is 2. The molecule has 110 valence electrons. The van der Waals surface area contributed by atoms with Crippen LogP contribution < -0.4 is 0 Å². The molecule has 1 aromatic rings. The first-order chi connectivity index (χ1) is 9.51. The molecular formula is C15H22N2O3. The van der Waals surface area contributed by atoms with Crippen molar-refractivity contribution in [1.82, 2.24) is 9.88 Å². The second-order valence-electron chi connectivity index (χ2n) is 4.88. The first-order valence-electron chi connectivity index (χ1n) is 6.80. The van der Waals surface area contributed by atoms with E-state index in [1.807, 2.05) is 13.8 Å². The molecule has 0 fully saturated rings. The first kappa shape index (κ1) is 16.1. The highest BCUT2D eigenvalue weighted by atomic mass is 16.5. The number of amides is 1. The number of hydrogen-bond donors (Lipinski definition) is 0. The second-order valence-corrected chi connectivity index (χ2v) is 4.88. The summed E-state index contributed by atoms with van der Waals surface area (Å²) in [4.78, 5) is 29.7. The van der Waals surface area contributed by atoms with Crippen LogP contribution in [0.3, 0.4) is 0 Å². The molecule has 0 saturated carbocycles. The average Bonchev–Trinajstić information content (AvgIpc) is 2.50. The molecule has 0 aliphatic carbocycles. The van der Waals surface area contributed by atoms with Crippen molar-refractivity contribution in [2.45, 2.75) is 33.2 Å². The van der Waals surface area contributed by atoms with E-state index in [0.29, 0.717) is 12.1 Å². The Morgan fingerprint density at radius 1 is 1.40 bits per heavy atom. The van der Waals surface area contributed by atoms with Crippen LogP contribution in [0, 0.1) is 5.92 Å². The maximum Gasteiger partial charge on any atom is 0.310 e. The Balaban J connectivity index is 2.90. The van der Waals surface area contributed by atoms with E-state index in [-0.39, 0.29) is 23.8 Å². The zero-order valence-corrected chi connectivity index (χ0v) is 12.5. The molecule has 0 spiro atoms. The van der Waals surface area contributed by atoms with Gasteiger partial charge >= 0.3 is 5.97 Å². The number of rotatable bonds is 6. The van der Waals surface area contributed by atoms with Gasteiger partial charge in [-0.25, -0.2) is 0 Å². The first-order valence-corrected chi connectivity index (χ1v) is 6.80. The van der Waals surface area contributed by atoms with E-state index in [4.69, 9.17) is 4.74 Å². The van der Waals surface area contributed by atoms with Gasteiger partial charge in [-0.1, -0.05) is 13.8 Å². The molecule has 2 atom stereocenters. The SMILES string of the molecule is CCC(C)N(CC(C)C(=O)OC)C(=O)c1cccnc1. The maximum atomic E-state index is 12.5. The lowest BCUT2D eigenvalue weighted by atomic mass is 10.1. The van der Waals surface area contributed by atoms with Gasteiger partial charge in [-0.2, -0.15) is 0 Å². The van der Waals surface area contributed by atoms with Crippen LogP contribution in [0.25, 0.3) is 0 Å².